The van der Waals surface area contributed by atoms with Gasteiger partial charge in [-0.25, -0.2) is 0 Å². The molecule has 3 heteroatoms. The topological polar surface area (TPSA) is 32.3 Å². The summed E-state index contributed by atoms with van der Waals surface area (Å²) in [6, 6.07) is 10.2. The van der Waals surface area contributed by atoms with Gasteiger partial charge in [0.05, 0.1) is 5.92 Å². The van der Waals surface area contributed by atoms with E-state index in [0.29, 0.717) is 12.5 Å². The van der Waals surface area contributed by atoms with Crippen molar-refractivity contribution in [3.63, 3.8) is 0 Å². The first-order valence-corrected chi connectivity index (χ1v) is 8.03. The van der Waals surface area contributed by atoms with Crippen LogP contribution in [0.15, 0.2) is 42.0 Å². The highest BCUT2D eigenvalue weighted by Gasteiger charge is 2.60. The summed E-state index contributed by atoms with van der Waals surface area (Å²) in [7, 11) is 2.05. The third-order valence-electron chi connectivity index (χ3n) is 4.65. The van der Waals surface area contributed by atoms with Crippen molar-refractivity contribution in [2.75, 3.05) is 25.0 Å². The van der Waals surface area contributed by atoms with E-state index in [9.17, 15) is 4.79 Å². The lowest BCUT2D eigenvalue weighted by molar-refractivity contribution is -0.123. The number of nitrogens with one attached hydrogen (secondary N) is 1. The first kappa shape index (κ1) is 16.6. The van der Waals surface area contributed by atoms with Crippen LogP contribution in [0.25, 0.3) is 0 Å². The molecule has 2 atom stereocenters. The summed E-state index contributed by atoms with van der Waals surface area (Å²) in [5, 5.41) is 3.09. The molecule has 0 spiro atoms. The highest BCUT2D eigenvalue weighted by Crippen LogP contribution is 2.59. The Labute approximate surface area is 134 Å². The second kappa shape index (κ2) is 6.55. The molecule has 1 aromatic rings. The van der Waals surface area contributed by atoms with Gasteiger partial charge in [0.25, 0.3) is 0 Å². The fourth-order valence-electron chi connectivity index (χ4n) is 3.12. The lowest BCUT2D eigenvalue weighted by Crippen LogP contribution is -2.34. The van der Waals surface area contributed by atoms with Gasteiger partial charge in [-0.05, 0) is 37.3 Å². The molecule has 1 N–H and O–H groups in total. The molecular weight excluding hydrogens is 272 g/mol. The van der Waals surface area contributed by atoms with Gasteiger partial charge in [-0.1, -0.05) is 43.7 Å². The van der Waals surface area contributed by atoms with Crippen LogP contribution in [0.5, 0.6) is 0 Å². The molecule has 3 nitrogen and oxygen atoms in total. The summed E-state index contributed by atoms with van der Waals surface area (Å²) in [6.07, 6.45) is 2.24. The second-order valence-corrected chi connectivity index (χ2v) is 7.12. The fraction of sp³-hybridized carbons (Fsp3) is 0.526. The quantitative estimate of drug-likeness (QED) is 0.816. The number of hydrogen-bond acceptors (Lipinski definition) is 2. The maximum atomic E-state index is 12.4. The summed E-state index contributed by atoms with van der Waals surface area (Å²) in [4.78, 5) is 14.5. The average Bonchev–Trinajstić information content (AvgIpc) is 2.99. The van der Waals surface area contributed by atoms with E-state index >= 15 is 0 Å². The van der Waals surface area contributed by atoms with Gasteiger partial charge in [0.1, 0.15) is 0 Å². The second-order valence-electron chi connectivity index (χ2n) is 7.12. The van der Waals surface area contributed by atoms with Crippen LogP contribution < -0.4 is 10.2 Å². The minimum Gasteiger partial charge on any atom is -0.373 e. The highest BCUT2D eigenvalue weighted by atomic mass is 16.2. The van der Waals surface area contributed by atoms with E-state index in [-0.39, 0.29) is 17.2 Å². The smallest absolute Gasteiger partial charge is 0.224 e. The van der Waals surface area contributed by atoms with Gasteiger partial charge in [-0.3, -0.25) is 4.79 Å². The predicted molar refractivity (Wildman–Crippen MR) is 92.9 cm³/mol. The summed E-state index contributed by atoms with van der Waals surface area (Å²) in [5.74, 6) is 0.683. The van der Waals surface area contributed by atoms with Crippen molar-refractivity contribution in [2.45, 2.75) is 27.7 Å². The van der Waals surface area contributed by atoms with Crippen LogP contribution >= 0.6 is 0 Å². The molecule has 0 bridgehead atoms. The fourth-order valence-corrected chi connectivity index (χ4v) is 3.12. The maximum Gasteiger partial charge on any atom is 0.224 e. The SMILES string of the molecule is CC(C)=CC1C(C(=O)NCCN(C)c2ccccc2)C1(C)C. The molecule has 0 aromatic heterocycles. The zero-order chi connectivity index (χ0) is 16.3. The first-order chi connectivity index (χ1) is 10.3. The normalized spacial score (nSPS) is 21.9. The average molecular weight is 300 g/mol. The summed E-state index contributed by atoms with van der Waals surface area (Å²) in [6.45, 7) is 10.0. The number of nitrogens with zero attached hydrogens (tertiary/aromatic N) is 1. The summed E-state index contributed by atoms with van der Waals surface area (Å²) >= 11 is 0. The molecule has 22 heavy (non-hydrogen) atoms. The van der Waals surface area contributed by atoms with Crippen LogP contribution in [-0.4, -0.2) is 26.0 Å². The molecule has 1 aromatic carbocycles. The van der Waals surface area contributed by atoms with Gasteiger partial charge in [0.2, 0.25) is 5.91 Å². The number of rotatable bonds is 6. The zero-order valence-corrected chi connectivity index (χ0v) is 14.4. The molecular formula is C19H28N2O. The lowest BCUT2D eigenvalue weighted by Gasteiger charge is -2.19. The number of likely N-dealkylation sites (N-methyl/N-ethyl adjacent to an activating group) is 1. The lowest BCUT2D eigenvalue weighted by atomic mass is 10.1. The van der Waals surface area contributed by atoms with E-state index in [1.807, 2.05) is 18.2 Å². The van der Waals surface area contributed by atoms with Crippen LogP contribution in [0.1, 0.15) is 27.7 Å². The molecule has 1 aliphatic carbocycles. The van der Waals surface area contributed by atoms with Crippen molar-refractivity contribution in [2.24, 2.45) is 17.3 Å². The molecule has 0 radical (unpaired) electrons. The molecule has 2 unspecified atom stereocenters. The molecule has 1 aliphatic rings. The molecule has 0 saturated heterocycles. The van der Waals surface area contributed by atoms with Crippen LogP contribution in [0.2, 0.25) is 0 Å². The van der Waals surface area contributed by atoms with E-state index in [4.69, 9.17) is 0 Å². The molecule has 2 rings (SSSR count). The van der Waals surface area contributed by atoms with Crippen LogP contribution in [0, 0.1) is 17.3 Å². The van der Waals surface area contributed by atoms with E-state index < -0.39 is 0 Å². The number of allylic oxidation sites excluding steroid dienone is 2. The Balaban J connectivity index is 1.81. The van der Waals surface area contributed by atoms with Crippen molar-refractivity contribution in [1.82, 2.24) is 5.32 Å². The molecule has 120 valence electrons. The van der Waals surface area contributed by atoms with Gasteiger partial charge in [-0.15, -0.1) is 0 Å². The summed E-state index contributed by atoms with van der Waals surface area (Å²) in [5.41, 5.74) is 2.55. The predicted octanol–water partition coefficient (Wildman–Crippen LogP) is 3.48. The Morgan fingerprint density at radius 3 is 2.50 bits per heavy atom. The number of carbonyl (C=O) groups excluding carboxylic acids is 1. The largest absolute Gasteiger partial charge is 0.373 e. The summed E-state index contributed by atoms with van der Waals surface area (Å²) < 4.78 is 0. The minimum atomic E-state index is 0.0900. The van der Waals surface area contributed by atoms with Crippen molar-refractivity contribution < 1.29 is 4.79 Å². The van der Waals surface area contributed by atoms with Crippen molar-refractivity contribution in [3.05, 3.63) is 42.0 Å². The van der Waals surface area contributed by atoms with Crippen LogP contribution in [0.4, 0.5) is 5.69 Å². The van der Waals surface area contributed by atoms with E-state index in [1.165, 1.54) is 11.3 Å². The Morgan fingerprint density at radius 2 is 1.91 bits per heavy atom. The zero-order valence-electron chi connectivity index (χ0n) is 14.4. The van der Waals surface area contributed by atoms with E-state index in [1.54, 1.807) is 0 Å². The van der Waals surface area contributed by atoms with Gasteiger partial charge >= 0.3 is 0 Å². The number of anilines is 1. The first-order valence-electron chi connectivity index (χ1n) is 8.03. The van der Waals surface area contributed by atoms with Gasteiger partial charge in [0, 0.05) is 25.8 Å². The van der Waals surface area contributed by atoms with Crippen molar-refractivity contribution >= 4 is 11.6 Å². The van der Waals surface area contributed by atoms with Gasteiger partial charge < -0.3 is 10.2 Å². The van der Waals surface area contributed by atoms with E-state index in [0.717, 1.165) is 6.54 Å². The van der Waals surface area contributed by atoms with Gasteiger partial charge in [0.15, 0.2) is 0 Å². The maximum absolute atomic E-state index is 12.4. The number of carbonyl (C=O) groups is 1. The molecule has 0 heterocycles. The van der Waals surface area contributed by atoms with Crippen molar-refractivity contribution in [3.8, 4) is 0 Å². The standard InChI is InChI=1S/C19H28N2O/c1-14(2)13-16-17(19(16,3)4)18(22)20-11-12-21(5)15-9-7-6-8-10-15/h6-10,13,16-17H,11-12H2,1-5H3,(H,20,22). The molecule has 1 amide bonds. The van der Waals surface area contributed by atoms with Crippen LogP contribution in [0.3, 0.4) is 0 Å². The Kier molecular flexibility index (Phi) is 4.94. The molecule has 1 saturated carbocycles. The van der Waals surface area contributed by atoms with Crippen molar-refractivity contribution in [1.29, 1.82) is 0 Å². The Hall–Kier alpha value is -1.77. The minimum absolute atomic E-state index is 0.0900. The van der Waals surface area contributed by atoms with Gasteiger partial charge in [-0.2, -0.15) is 0 Å². The highest BCUT2D eigenvalue weighted by molar-refractivity contribution is 5.83. The van der Waals surface area contributed by atoms with Crippen LogP contribution in [-0.2, 0) is 4.79 Å². The molecule has 0 aliphatic heterocycles. The molecule has 1 fully saturated rings. The third kappa shape index (κ3) is 3.70. The third-order valence-corrected chi connectivity index (χ3v) is 4.65. The number of benzene rings is 1. The number of amides is 1. The monoisotopic (exact) mass is 300 g/mol. The number of hydrogen-bond donors (Lipinski definition) is 1. The number of para-hydroxylation sites is 1. The van der Waals surface area contributed by atoms with E-state index in [2.05, 4.69) is 63.2 Å². The Morgan fingerprint density at radius 1 is 1.27 bits per heavy atom. The Bertz CT molecular complexity index is 544.